The normalized spacial score (nSPS) is 11.6. The topological polar surface area (TPSA) is 81.4 Å². The van der Waals surface area contributed by atoms with Crippen molar-refractivity contribution < 1.29 is 14.3 Å². The second kappa shape index (κ2) is 10.2. The summed E-state index contributed by atoms with van der Waals surface area (Å²) in [5.41, 5.74) is 9.58. The highest BCUT2D eigenvalue weighted by Gasteiger charge is 2.18. The molecule has 5 nitrogen and oxygen atoms in total. The Labute approximate surface area is 170 Å². The molecule has 0 unspecified atom stereocenters. The van der Waals surface area contributed by atoms with Crippen molar-refractivity contribution in [3.05, 3.63) is 96.1 Å². The van der Waals surface area contributed by atoms with Gasteiger partial charge in [0, 0.05) is 6.42 Å². The van der Waals surface area contributed by atoms with E-state index in [9.17, 15) is 9.59 Å². The molecule has 1 atom stereocenters. The lowest BCUT2D eigenvalue weighted by atomic mass is 10.0. The van der Waals surface area contributed by atoms with Gasteiger partial charge < -0.3 is 15.8 Å². The van der Waals surface area contributed by atoms with E-state index in [2.05, 4.69) is 5.32 Å². The lowest BCUT2D eigenvalue weighted by Crippen LogP contribution is -2.47. The molecule has 0 heterocycles. The smallest absolute Gasteiger partial charge is 0.246 e. The van der Waals surface area contributed by atoms with Gasteiger partial charge in [0.25, 0.3) is 0 Å². The van der Waals surface area contributed by atoms with Gasteiger partial charge >= 0.3 is 0 Å². The third-order valence-corrected chi connectivity index (χ3v) is 4.52. The molecule has 0 aliphatic heterocycles. The summed E-state index contributed by atoms with van der Waals surface area (Å²) in [5.74, 6) is -0.945. The summed E-state index contributed by atoms with van der Waals surface area (Å²) in [6, 6.07) is 26.7. The van der Waals surface area contributed by atoms with Gasteiger partial charge in [-0.25, -0.2) is 0 Å². The van der Waals surface area contributed by atoms with Crippen molar-refractivity contribution in [2.24, 2.45) is 5.73 Å². The first-order chi connectivity index (χ1) is 14.1. The molecule has 0 aliphatic carbocycles. The molecule has 0 spiro atoms. The molecule has 2 amide bonds. The highest BCUT2D eigenvalue weighted by atomic mass is 16.5. The summed E-state index contributed by atoms with van der Waals surface area (Å²) in [7, 11) is 0. The average molecular weight is 388 g/mol. The maximum Gasteiger partial charge on any atom is 0.246 e. The van der Waals surface area contributed by atoms with Crippen molar-refractivity contribution in [1.82, 2.24) is 5.32 Å². The summed E-state index contributed by atoms with van der Waals surface area (Å²) in [6.07, 6.45) is 0.328. The molecule has 3 aromatic rings. The second-order valence-electron chi connectivity index (χ2n) is 6.77. The Bertz CT molecular complexity index is 925. The van der Waals surface area contributed by atoms with Crippen molar-refractivity contribution in [1.29, 1.82) is 0 Å². The molecule has 5 heteroatoms. The van der Waals surface area contributed by atoms with E-state index >= 15 is 0 Å². The largest absolute Gasteiger partial charge is 0.368 e. The number of hydrogen-bond acceptors (Lipinski definition) is 3. The van der Waals surface area contributed by atoms with Crippen LogP contribution < -0.4 is 11.1 Å². The van der Waals surface area contributed by atoms with E-state index in [0.717, 1.165) is 22.3 Å². The first-order valence-corrected chi connectivity index (χ1v) is 9.46. The van der Waals surface area contributed by atoms with Gasteiger partial charge in [-0.2, -0.15) is 0 Å². The third kappa shape index (κ3) is 6.30. The third-order valence-electron chi connectivity index (χ3n) is 4.52. The standard InChI is InChI=1S/C24H24N2O3/c25-24(28)22(26-23(27)17-29-16-19-7-3-1-4-8-19)15-18-11-13-21(14-12-18)20-9-5-2-6-10-20/h1-14,22H,15-17H2,(H2,25,28)(H,26,27)/t22-/m1/s1. The number of hydrogen-bond donors (Lipinski definition) is 2. The second-order valence-corrected chi connectivity index (χ2v) is 6.77. The maximum atomic E-state index is 12.1. The molecule has 0 saturated carbocycles. The van der Waals surface area contributed by atoms with E-state index in [1.165, 1.54) is 0 Å². The van der Waals surface area contributed by atoms with E-state index in [0.29, 0.717) is 13.0 Å². The fraction of sp³-hybridized carbons (Fsp3) is 0.167. The molecule has 0 aliphatic rings. The highest BCUT2D eigenvalue weighted by molar-refractivity contribution is 5.87. The quantitative estimate of drug-likeness (QED) is 0.591. The maximum absolute atomic E-state index is 12.1. The van der Waals surface area contributed by atoms with Crippen LogP contribution in [0.15, 0.2) is 84.9 Å². The molecule has 0 bridgehead atoms. The van der Waals surface area contributed by atoms with Crippen LogP contribution >= 0.6 is 0 Å². The first kappa shape index (κ1) is 20.3. The number of ether oxygens (including phenoxy) is 1. The molecule has 0 saturated heterocycles. The van der Waals surface area contributed by atoms with E-state index in [1.54, 1.807) is 0 Å². The van der Waals surface area contributed by atoms with Crippen LogP contribution in [0, 0.1) is 0 Å². The van der Waals surface area contributed by atoms with Gasteiger partial charge in [0.2, 0.25) is 11.8 Å². The Balaban J connectivity index is 1.53. The number of rotatable bonds is 9. The minimum Gasteiger partial charge on any atom is -0.368 e. The van der Waals surface area contributed by atoms with E-state index in [-0.39, 0.29) is 12.5 Å². The number of carbonyl (C=O) groups excluding carboxylic acids is 2. The molecule has 29 heavy (non-hydrogen) atoms. The Morgan fingerprint density at radius 2 is 1.38 bits per heavy atom. The first-order valence-electron chi connectivity index (χ1n) is 9.46. The van der Waals surface area contributed by atoms with Crippen LogP contribution in [0.5, 0.6) is 0 Å². The summed E-state index contributed by atoms with van der Waals surface area (Å²) >= 11 is 0. The molecule has 3 aromatic carbocycles. The van der Waals surface area contributed by atoms with Gasteiger partial charge in [0.15, 0.2) is 0 Å². The molecular formula is C24H24N2O3. The zero-order valence-corrected chi connectivity index (χ0v) is 16.1. The number of amides is 2. The minimum absolute atomic E-state index is 0.133. The van der Waals surface area contributed by atoms with Crippen molar-refractivity contribution in [3.8, 4) is 11.1 Å². The van der Waals surface area contributed by atoms with Crippen LogP contribution in [0.25, 0.3) is 11.1 Å². The number of carbonyl (C=O) groups is 2. The lowest BCUT2D eigenvalue weighted by Gasteiger charge is -2.16. The zero-order valence-electron chi connectivity index (χ0n) is 16.1. The van der Waals surface area contributed by atoms with Gasteiger partial charge in [-0.15, -0.1) is 0 Å². The van der Waals surface area contributed by atoms with Gasteiger partial charge in [-0.1, -0.05) is 84.9 Å². The molecule has 0 fully saturated rings. The monoisotopic (exact) mass is 388 g/mol. The fourth-order valence-electron chi connectivity index (χ4n) is 2.99. The average Bonchev–Trinajstić information content (AvgIpc) is 2.75. The van der Waals surface area contributed by atoms with Crippen molar-refractivity contribution >= 4 is 11.8 Å². The van der Waals surface area contributed by atoms with Gasteiger partial charge in [-0.3, -0.25) is 9.59 Å². The number of benzene rings is 3. The molecule has 148 valence electrons. The molecular weight excluding hydrogens is 364 g/mol. The Hall–Kier alpha value is -3.44. The van der Waals surface area contributed by atoms with Crippen molar-refractivity contribution in [2.45, 2.75) is 19.1 Å². The van der Waals surface area contributed by atoms with E-state index < -0.39 is 11.9 Å². The lowest BCUT2D eigenvalue weighted by molar-refractivity contribution is -0.130. The van der Waals surface area contributed by atoms with Gasteiger partial charge in [-0.05, 0) is 22.3 Å². The van der Waals surface area contributed by atoms with E-state index in [4.69, 9.17) is 10.5 Å². The molecule has 3 rings (SSSR count). The van der Waals surface area contributed by atoms with Crippen molar-refractivity contribution in [2.75, 3.05) is 6.61 Å². The number of nitrogens with two attached hydrogens (primary N) is 1. The zero-order chi connectivity index (χ0) is 20.5. The predicted molar refractivity (Wildman–Crippen MR) is 113 cm³/mol. The summed E-state index contributed by atoms with van der Waals surface area (Å²) in [6.45, 7) is 0.196. The van der Waals surface area contributed by atoms with Crippen molar-refractivity contribution in [3.63, 3.8) is 0 Å². The Kier molecular flexibility index (Phi) is 7.14. The van der Waals surface area contributed by atoms with Crippen LogP contribution in [-0.2, 0) is 27.4 Å². The molecule has 0 radical (unpaired) electrons. The van der Waals surface area contributed by atoms with Crippen LogP contribution in [0.1, 0.15) is 11.1 Å². The van der Waals surface area contributed by atoms with Crippen LogP contribution in [0.2, 0.25) is 0 Å². The minimum atomic E-state index is -0.787. The highest BCUT2D eigenvalue weighted by Crippen LogP contribution is 2.19. The Morgan fingerprint density at radius 3 is 2.00 bits per heavy atom. The predicted octanol–water partition coefficient (Wildman–Crippen LogP) is 3.08. The molecule has 3 N–H and O–H groups in total. The van der Waals surface area contributed by atoms with Gasteiger partial charge in [0.1, 0.15) is 12.6 Å². The summed E-state index contributed by atoms with van der Waals surface area (Å²) in [5, 5.41) is 2.66. The Morgan fingerprint density at radius 1 is 0.793 bits per heavy atom. The van der Waals surface area contributed by atoms with Crippen LogP contribution in [0.3, 0.4) is 0 Å². The van der Waals surface area contributed by atoms with Crippen LogP contribution in [0.4, 0.5) is 0 Å². The summed E-state index contributed by atoms with van der Waals surface area (Å²) in [4.78, 5) is 23.9. The molecule has 0 aromatic heterocycles. The van der Waals surface area contributed by atoms with E-state index in [1.807, 2.05) is 84.9 Å². The van der Waals surface area contributed by atoms with Gasteiger partial charge in [0.05, 0.1) is 6.61 Å². The SMILES string of the molecule is NC(=O)[C@@H](Cc1ccc(-c2ccccc2)cc1)NC(=O)COCc1ccccc1. The number of primary amides is 1. The summed E-state index contributed by atoms with van der Waals surface area (Å²) < 4.78 is 5.41. The van der Waals surface area contributed by atoms with Crippen LogP contribution in [-0.4, -0.2) is 24.5 Å². The fourth-order valence-corrected chi connectivity index (χ4v) is 2.99. The number of nitrogens with one attached hydrogen (secondary N) is 1.